The van der Waals surface area contributed by atoms with Crippen LogP contribution in [0.5, 0.6) is 11.9 Å². The molecule has 7 nitrogen and oxygen atoms in total. The average Bonchev–Trinajstić information content (AvgIpc) is 3.23. The number of carbonyl (C=O) groups excluding carboxylic acids is 1. The Morgan fingerprint density at radius 1 is 0.964 bits per heavy atom. The van der Waals surface area contributed by atoms with Crippen LogP contribution in [-0.2, 0) is 0 Å². The number of carbonyl (C=O) groups is 1. The van der Waals surface area contributed by atoms with Gasteiger partial charge in [0, 0.05) is 18.8 Å². The summed E-state index contributed by atoms with van der Waals surface area (Å²) in [5, 5.41) is 0. The Kier molecular flexibility index (Phi) is 5.64. The minimum atomic E-state index is -0.513. The number of pyridine rings is 1. The van der Waals surface area contributed by atoms with Crippen LogP contribution in [-0.4, -0.2) is 51.1 Å². The Balaban J connectivity index is 1.34. The van der Waals surface area contributed by atoms with E-state index in [-0.39, 0.29) is 24.1 Å². The molecule has 2 aliphatic rings. The van der Waals surface area contributed by atoms with Crippen molar-refractivity contribution >= 4 is 5.91 Å². The Morgan fingerprint density at radius 2 is 1.71 bits per heavy atom. The van der Waals surface area contributed by atoms with Crippen LogP contribution in [0.3, 0.4) is 0 Å². The van der Waals surface area contributed by atoms with Gasteiger partial charge in [0.2, 0.25) is 5.88 Å². The number of nitrogens with zero attached hydrogens (tertiary/aromatic N) is 4. The minimum absolute atomic E-state index is 0.0896. The zero-order chi connectivity index (χ0) is 19.3. The molecule has 0 radical (unpaired) electrons. The number of hydrogen-bond donors (Lipinski definition) is 0. The lowest BCUT2D eigenvalue weighted by atomic mass is 10.1. The molecule has 1 saturated carbocycles. The summed E-state index contributed by atoms with van der Waals surface area (Å²) in [4.78, 5) is 26.5. The van der Waals surface area contributed by atoms with Crippen molar-refractivity contribution < 1.29 is 18.7 Å². The molecular weight excluding hydrogens is 363 g/mol. The third-order valence-corrected chi connectivity index (χ3v) is 5.11. The molecule has 1 unspecified atom stereocenters. The van der Waals surface area contributed by atoms with E-state index in [0.29, 0.717) is 24.5 Å². The Bertz CT molecular complexity index is 794. The Morgan fingerprint density at radius 3 is 2.43 bits per heavy atom. The molecule has 0 spiro atoms. The van der Waals surface area contributed by atoms with Crippen molar-refractivity contribution in [3.63, 3.8) is 0 Å². The topological polar surface area (TPSA) is 77.4 Å². The van der Waals surface area contributed by atoms with Crippen LogP contribution in [0, 0.1) is 5.82 Å². The first-order valence-electron chi connectivity index (χ1n) is 9.73. The van der Waals surface area contributed by atoms with Gasteiger partial charge in [-0.1, -0.05) is 0 Å². The normalized spacial score (nSPS) is 20.2. The lowest BCUT2D eigenvalue weighted by Crippen LogP contribution is -2.44. The van der Waals surface area contributed by atoms with Gasteiger partial charge in [-0.3, -0.25) is 4.79 Å². The van der Waals surface area contributed by atoms with Gasteiger partial charge in [0.15, 0.2) is 5.82 Å². The molecule has 148 valence electrons. The maximum atomic E-state index is 12.9. The van der Waals surface area contributed by atoms with E-state index in [1.54, 1.807) is 23.2 Å². The molecule has 2 aromatic rings. The predicted octanol–water partition coefficient (Wildman–Crippen LogP) is 3.02. The van der Waals surface area contributed by atoms with Gasteiger partial charge in [-0.2, -0.15) is 0 Å². The molecule has 1 aliphatic carbocycles. The number of hydrogen-bond acceptors (Lipinski definition) is 6. The first kappa shape index (κ1) is 18.6. The van der Waals surface area contributed by atoms with Gasteiger partial charge in [-0.15, -0.1) is 0 Å². The third kappa shape index (κ3) is 4.55. The van der Waals surface area contributed by atoms with Crippen LogP contribution in [0.2, 0.25) is 0 Å². The van der Waals surface area contributed by atoms with E-state index in [4.69, 9.17) is 9.47 Å². The van der Waals surface area contributed by atoms with Crippen molar-refractivity contribution in [2.24, 2.45) is 0 Å². The molecule has 8 heteroatoms. The molecule has 28 heavy (non-hydrogen) atoms. The van der Waals surface area contributed by atoms with Gasteiger partial charge in [-0.05, 0) is 44.6 Å². The molecule has 0 aromatic carbocycles. The smallest absolute Gasteiger partial charge is 0.316 e. The first-order valence-corrected chi connectivity index (χ1v) is 9.73. The van der Waals surface area contributed by atoms with Gasteiger partial charge in [-0.25, -0.2) is 19.3 Å². The fourth-order valence-electron chi connectivity index (χ4n) is 3.67. The highest BCUT2D eigenvalue weighted by atomic mass is 19.1. The van der Waals surface area contributed by atoms with Crippen molar-refractivity contribution in [2.45, 2.75) is 50.7 Å². The Hall–Kier alpha value is -2.77. The fraction of sp³-hybridized carbons (Fsp3) is 0.500. The summed E-state index contributed by atoms with van der Waals surface area (Å²) >= 11 is 0. The summed E-state index contributed by atoms with van der Waals surface area (Å²) in [7, 11) is 0. The van der Waals surface area contributed by atoms with E-state index in [2.05, 4.69) is 15.0 Å². The van der Waals surface area contributed by atoms with E-state index < -0.39 is 5.82 Å². The number of likely N-dealkylation sites (tertiary alicyclic amines) is 1. The zero-order valence-corrected chi connectivity index (χ0v) is 15.6. The molecule has 1 aliphatic heterocycles. The van der Waals surface area contributed by atoms with Gasteiger partial charge >= 0.3 is 6.01 Å². The predicted molar refractivity (Wildman–Crippen MR) is 98.7 cm³/mol. The maximum Gasteiger partial charge on any atom is 0.316 e. The van der Waals surface area contributed by atoms with E-state index in [9.17, 15) is 9.18 Å². The van der Waals surface area contributed by atoms with Gasteiger partial charge in [0.25, 0.3) is 5.91 Å². The van der Waals surface area contributed by atoms with Gasteiger partial charge in [0.1, 0.15) is 12.2 Å². The maximum absolute atomic E-state index is 12.9. The molecule has 2 aromatic heterocycles. The molecule has 4 rings (SSSR count). The molecule has 0 bridgehead atoms. The fourth-order valence-corrected chi connectivity index (χ4v) is 3.67. The summed E-state index contributed by atoms with van der Waals surface area (Å²) < 4.78 is 24.5. The second-order valence-electron chi connectivity index (χ2n) is 7.23. The summed E-state index contributed by atoms with van der Waals surface area (Å²) in [5.74, 6) is -0.0364. The van der Waals surface area contributed by atoms with Crippen LogP contribution in [0.4, 0.5) is 4.39 Å². The largest absolute Gasteiger partial charge is 0.474 e. The highest BCUT2D eigenvalue weighted by Crippen LogP contribution is 2.23. The van der Waals surface area contributed by atoms with Crippen molar-refractivity contribution in [3.05, 3.63) is 42.1 Å². The van der Waals surface area contributed by atoms with Crippen LogP contribution < -0.4 is 9.47 Å². The SMILES string of the molecule is O=C(c1ccc(OC2CCCC2)nc1)N1CCCC(Oc2ncc(F)cn2)C1. The number of rotatable bonds is 5. The monoisotopic (exact) mass is 386 g/mol. The lowest BCUT2D eigenvalue weighted by Gasteiger charge is -2.32. The average molecular weight is 386 g/mol. The number of amides is 1. The van der Waals surface area contributed by atoms with Crippen LogP contribution >= 0.6 is 0 Å². The minimum Gasteiger partial charge on any atom is -0.474 e. The third-order valence-electron chi connectivity index (χ3n) is 5.11. The van der Waals surface area contributed by atoms with Crippen molar-refractivity contribution in [1.82, 2.24) is 19.9 Å². The number of halogens is 1. The highest BCUT2D eigenvalue weighted by molar-refractivity contribution is 5.94. The number of piperidine rings is 1. The molecule has 3 heterocycles. The second kappa shape index (κ2) is 8.50. The van der Waals surface area contributed by atoms with E-state index in [1.165, 1.54) is 12.8 Å². The first-order chi connectivity index (χ1) is 13.7. The Labute approximate surface area is 162 Å². The van der Waals surface area contributed by atoms with Crippen molar-refractivity contribution in [1.29, 1.82) is 0 Å². The summed E-state index contributed by atoms with van der Waals surface area (Å²) in [6.45, 7) is 1.09. The number of aromatic nitrogens is 3. The second-order valence-corrected chi connectivity index (χ2v) is 7.23. The molecule has 1 amide bonds. The quantitative estimate of drug-likeness (QED) is 0.786. The molecule has 2 fully saturated rings. The summed E-state index contributed by atoms with van der Waals surface area (Å²) in [6.07, 6.45) is 9.84. The molecule has 0 N–H and O–H groups in total. The van der Waals surface area contributed by atoms with Crippen LogP contribution in [0.25, 0.3) is 0 Å². The van der Waals surface area contributed by atoms with E-state index in [0.717, 1.165) is 38.1 Å². The van der Waals surface area contributed by atoms with Crippen LogP contribution in [0.1, 0.15) is 48.9 Å². The van der Waals surface area contributed by atoms with E-state index >= 15 is 0 Å². The number of ether oxygens (including phenoxy) is 2. The van der Waals surface area contributed by atoms with Gasteiger partial charge in [0.05, 0.1) is 24.5 Å². The highest BCUT2D eigenvalue weighted by Gasteiger charge is 2.26. The molecule has 1 atom stereocenters. The summed E-state index contributed by atoms with van der Waals surface area (Å²) in [6, 6.07) is 3.64. The molecule has 1 saturated heterocycles. The standard InChI is InChI=1S/C20H23FN4O3/c21-15-11-23-20(24-12-15)28-17-6-3-9-25(13-17)19(26)14-7-8-18(22-10-14)27-16-4-1-2-5-16/h7-8,10-12,16-17H,1-6,9,13H2. The van der Waals surface area contributed by atoms with Crippen molar-refractivity contribution in [2.75, 3.05) is 13.1 Å². The zero-order valence-electron chi connectivity index (χ0n) is 15.6. The van der Waals surface area contributed by atoms with Crippen LogP contribution in [0.15, 0.2) is 30.7 Å². The lowest BCUT2D eigenvalue weighted by molar-refractivity contribution is 0.0515. The van der Waals surface area contributed by atoms with Crippen molar-refractivity contribution in [3.8, 4) is 11.9 Å². The van der Waals surface area contributed by atoms with Gasteiger partial charge < -0.3 is 14.4 Å². The van der Waals surface area contributed by atoms with E-state index in [1.807, 2.05) is 0 Å². The summed E-state index contributed by atoms with van der Waals surface area (Å²) in [5.41, 5.74) is 0.525. The molecular formula is C20H23FN4O3.